The summed E-state index contributed by atoms with van der Waals surface area (Å²) in [6, 6.07) is 12.1. The number of aromatic nitrogens is 2. The quantitative estimate of drug-likeness (QED) is 0.428. The van der Waals surface area contributed by atoms with Crippen LogP contribution in [0.15, 0.2) is 41.2 Å². The van der Waals surface area contributed by atoms with Gasteiger partial charge in [0.2, 0.25) is 5.91 Å². The Morgan fingerprint density at radius 1 is 1.22 bits per heavy atom. The molecule has 0 unspecified atom stereocenters. The van der Waals surface area contributed by atoms with Gasteiger partial charge < -0.3 is 15.0 Å². The van der Waals surface area contributed by atoms with Crippen LogP contribution in [0.5, 0.6) is 5.75 Å². The zero-order chi connectivity index (χ0) is 22.1. The van der Waals surface area contributed by atoms with Crippen LogP contribution in [-0.2, 0) is 29.9 Å². The molecule has 1 aliphatic rings. The summed E-state index contributed by atoms with van der Waals surface area (Å²) in [7, 11) is 1.66. The van der Waals surface area contributed by atoms with Crippen LogP contribution in [0.4, 0.5) is 0 Å². The number of ether oxygens (including phenoxy) is 1. The van der Waals surface area contributed by atoms with Crippen molar-refractivity contribution in [3.05, 3.63) is 68.6 Å². The van der Waals surface area contributed by atoms with Crippen LogP contribution in [0.2, 0.25) is 0 Å². The molecule has 1 amide bonds. The number of thiophene rings is 1. The van der Waals surface area contributed by atoms with Gasteiger partial charge in [-0.1, -0.05) is 18.2 Å². The van der Waals surface area contributed by atoms with Crippen LogP contribution in [-0.4, -0.2) is 28.7 Å². The number of rotatable bonds is 7. The Balaban J connectivity index is 1.15. The average Bonchev–Trinajstić information content (AvgIpc) is 3.38. The molecular weight excluding hydrogens is 442 g/mol. The zero-order valence-electron chi connectivity index (χ0n) is 17.7. The molecule has 0 spiro atoms. The number of H-pyrrole nitrogens is 1. The number of aryl methyl sites for hydroxylation is 2. The number of aromatic amines is 1. The van der Waals surface area contributed by atoms with E-state index in [4.69, 9.17) is 4.74 Å². The Hall–Kier alpha value is -2.84. The zero-order valence-corrected chi connectivity index (χ0v) is 19.3. The summed E-state index contributed by atoms with van der Waals surface area (Å²) in [5.41, 5.74) is 2.18. The Labute approximate surface area is 193 Å². The summed E-state index contributed by atoms with van der Waals surface area (Å²) in [6.45, 7) is 0.475. The lowest BCUT2D eigenvalue weighted by molar-refractivity contribution is -0.118. The summed E-state index contributed by atoms with van der Waals surface area (Å²) < 4.78 is 5.26. The maximum Gasteiger partial charge on any atom is 0.259 e. The average molecular weight is 466 g/mol. The predicted octanol–water partition coefficient (Wildman–Crippen LogP) is 4.18. The molecule has 0 saturated carbocycles. The largest absolute Gasteiger partial charge is 0.497 e. The highest BCUT2D eigenvalue weighted by molar-refractivity contribution is 7.99. The molecule has 1 aliphatic carbocycles. The van der Waals surface area contributed by atoms with Crippen molar-refractivity contribution >= 4 is 50.0 Å². The Kier molecular flexibility index (Phi) is 5.89. The third-order valence-electron chi connectivity index (χ3n) is 5.70. The molecule has 2 aromatic carbocycles. The van der Waals surface area contributed by atoms with Gasteiger partial charge in [0.15, 0.2) is 0 Å². The normalized spacial score (nSPS) is 12.9. The second-order valence-corrected chi connectivity index (χ2v) is 9.94. The molecule has 6 nitrogen and oxygen atoms in total. The highest BCUT2D eigenvalue weighted by atomic mass is 32.2. The van der Waals surface area contributed by atoms with Gasteiger partial charge in [-0.15, -0.1) is 23.1 Å². The van der Waals surface area contributed by atoms with Crippen LogP contribution in [0.25, 0.3) is 21.0 Å². The lowest BCUT2D eigenvalue weighted by atomic mass is 10.1. The van der Waals surface area contributed by atoms with Crippen molar-refractivity contribution in [3.63, 3.8) is 0 Å². The van der Waals surface area contributed by atoms with Crippen molar-refractivity contribution in [2.24, 2.45) is 0 Å². The number of carbonyl (C=O) groups excluding carboxylic acids is 1. The number of hydrogen-bond donors (Lipinski definition) is 2. The van der Waals surface area contributed by atoms with Crippen LogP contribution < -0.4 is 15.6 Å². The minimum absolute atomic E-state index is 0.0386. The van der Waals surface area contributed by atoms with E-state index in [0.717, 1.165) is 51.6 Å². The fourth-order valence-electron chi connectivity index (χ4n) is 4.12. The molecule has 164 valence electrons. The van der Waals surface area contributed by atoms with Crippen LogP contribution in [0, 0.1) is 0 Å². The number of amides is 1. The van der Waals surface area contributed by atoms with E-state index in [1.807, 2.05) is 30.3 Å². The lowest BCUT2D eigenvalue weighted by Gasteiger charge is -2.08. The van der Waals surface area contributed by atoms with Gasteiger partial charge in [-0.3, -0.25) is 9.59 Å². The number of nitrogens with one attached hydrogen (secondary N) is 2. The number of nitrogens with zero attached hydrogens (tertiary/aromatic N) is 1. The van der Waals surface area contributed by atoms with Crippen molar-refractivity contribution in [2.45, 2.75) is 31.6 Å². The lowest BCUT2D eigenvalue weighted by Crippen LogP contribution is -2.24. The fraction of sp³-hybridized carbons (Fsp3) is 0.292. The molecule has 2 heterocycles. The molecule has 8 heteroatoms. The van der Waals surface area contributed by atoms with E-state index in [-0.39, 0.29) is 11.5 Å². The molecule has 2 N–H and O–H groups in total. The Morgan fingerprint density at radius 3 is 2.94 bits per heavy atom. The molecule has 5 rings (SSSR count). The number of hydrogen-bond acceptors (Lipinski definition) is 6. The molecule has 32 heavy (non-hydrogen) atoms. The molecule has 0 fully saturated rings. The van der Waals surface area contributed by atoms with Crippen molar-refractivity contribution < 1.29 is 9.53 Å². The molecule has 0 bridgehead atoms. The highest BCUT2D eigenvalue weighted by Gasteiger charge is 2.21. The summed E-state index contributed by atoms with van der Waals surface area (Å²) in [5, 5.41) is 5.94. The van der Waals surface area contributed by atoms with Crippen LogP contribution in [0.1, 0.15) is 28.2 Å². The minimum atomic E-state index is -0.0524. The first kappa shape index (κ1) is 21.0. The second kappa shape index (κ2) is 8.96. The van der Waals surface area contributed by atoms with E-state index in [1.165, 1.54) is 22.2 Å². The monoisotopic (exact) mass is 465 g/mol. The van der Waals surface area contributed by atoms with E-state index in [0.29, 0.717) is 23.9 Å². The second-order valence-electron chi connectivity index (χ2n) is 7.87. The van der Waals surface area contributed by atoms with Gasteiger partial charge in [0.05, 0.1) is 24.0 Å². The van der Waals surface area contributed by atoms with Crippen molar-refractivity contribution in [3.8, 4) is 5.75 Å². The molecule has 4 aromatic rings. The van der Waals surface area contributed by atoms with E-state index in [2.05, 4.69) is 21.4 Å². The number of thioether (sulfide) groups is 1. The molecule has 0 atom stereocenters. The van der Waals surface area contributed by atoms with Gasteiger partial charge in [0.1, 0.15) is 16.4 Å². The number of carbonyl (C=O) groups is 1. The third-order valence-corrected chi connectivity index (χ3v) is 7.83. The summed E-state index contributed by atoms with van der Waals surface area (Å²) in [5.74, 6) is 2.23. The van der Waals surface area contributed by atoms with Crippen molar-refractivity contribution in [1.29, 1.82) is 0 Å². The van der Waals surface area contributed by atoms with E-state index in [1.54, 1.807) is 18.4 Å². The maximum absolute atomic E-state index is 12.5. The topological polar surface area (TPSA) is 84.1 Å². The summed E-state index contributed by atoms with van der Waals surface area (Å²) in [6.07, 6.45) is 3.14. The Bertz CT molecular complexity index is 1380. The van der Waals surface area contributed by atoms with Crippen molar-refractivity contribution in [1.82, 2.24) is 15.3 Å². The number of methoxy groups -OCH3 is 1. The highest BCUT2D eigenvalue weighted by Crippen LogP contribution is 2.34. The van der Waals surface area contributed by atoms with Gasteiger partial charge in [-0.05, 0) is 59.4 Å². The van der Waals surface area contributed by atoms with E-state index < -0.39 is 0 Å². The molecular formula is C24H23N3O3S2. The molecule has 0 radical (unpaired) electrons. The minimum Gasteiger partial charge on any atom is -0.497 e. The first-order valence-corrected chi connectivity index (χ1v) is 12.5. The molecule has 2 aromatic heterocycles. The van der Waals surface area contributed by atoms with Gasteiger partial charge in [-0.2, -0.15) is 0 Å². The first-order valence-electron chi connectivity index (χ1n) is 10.6. The molecule has 0 saturated heterocycles. The maximum atomic E-state index is 12.5. The molecule has 0 aliphatic heterocycles. The van der Waals surface area contributed by atoms with Crippen LogP contribution in [0.3, 0.4) is 0 Å². The fourth-order valence-corrected chi connectivity index (χ4v) is 6.12. The number of fused-ring (bicyclic) bond motifs is 4. The first-order chi connectivity index (χ1) is 15.6. The summed E-state index contributed by atoms with van der Waals surface area (Å²) >= 11 is 3.09. The number of benzene rings is 2. The standard InChI is InChI=1S/C24H23N3O3S2/c1-30-17-8-7-15-9-14(5-6-16(15)10-17)11-25-21(28)13-31-12-20-26-23(29)22-18-3-2-4-19(18)32-24(22)27-20/h5-10H,2-4,11-13H2,1H3,(H,25,28)(H,26,27,29). The Morgan fingerprint density at radius 2 is 2.06 bits per heavy atom. The van der Waals surface area contributed by atoms with Gasteiger partial charge in [-0.25, -0.2) is 4.98 Å². The van der Waals surface area contributed by atoms with Gasteiger partial charge in [0.25, 0.3) is 5.56 Å². The van der Waals surface area contributed by atoms with Gasteiger partial charge in [0, 0.05) is 11.4 Å². The van der Waals surface area contributed by atoms with Crippen LogP contribution >= 0.6 is 23.1 Å². The van der Waals surface area contributed by atoms with Gasteiger partial charge >= 0.3 is 0 Å². The van der Waals surface area contributed by atoms with E-state index in [9.17, 15) is 9.59 Å². The predicted molar refractivity (Wildman–Crippen MR) is 131 cm³/mol. The smallest absolute Gasteiger partial charge is 0.259 e. The third kappa shape index (κ3) is 4.25. The van der Waals surface area contributed by atoms with Crippen molar-refractivity contribution in [2.75, 3.05) is 12.9 Å². The summed E-state index contributed by atoms with van der Waals surface area (Å²) in [4.78, 5) is 34.5. The SMILES string of the molecule is COc1ccc2cc(CNC(=O)CSCc3nc4sc5c(c4c(=O)[nH]3)CCC5)ccc2c1. The van der Waals surface area contributed by atoms with E-state index >= 15 is 0 Å².